The predicted octanol–water partition coefficient (Wildman–Crippen LogP) is 3.96. The van der Waals surface area contributed by atoms with Crippen molar-refractivity contribution in [3.05, 3.63) is 38.5 Å². The number of carbonyl (C=O) groups is 1. The highest BCUT2D eigenvalue weighted by Crippen LogP contribution is 2.35. The first-order valence-corrected chi connectivity index (χ1v) is 7.83. The lowest BCUT2D eigenvalue weighted by molar-refractivity contribution is 0.0990. The summed E-state index contributed by atoms with van der Waals surface area (Å²) in [6, 6.07) is 5.25. The van der Waals surface area contributed by atoms with Crippen LogP contribution in [0.5, 0.6) is 17.2 Å². The normalized spacial score (nSPS) is 10.3. The maximum absolute atomic E-state index is 12.5. The summed E-state index contributed by atoms with van der Waals surface area (Å²) in [6.07, 6.45) is 0.310. The van der Waals surface area contributed by atoms with Crippen LogP contribution in [0, 0.1) is 0 Å². The molecule has 6 heteroatoms. The lowest BCUT2D eigenvalue weighted by atomic mass is 10.1. The molecule has 0 N–H and O–H groups in total. The Morgan fingerprint density at radius 3 is 2.24 bits per heavy atom. The van der Waals surface area contributed by atoms with E-state index in [4.69, 9.17) is 14.2 Å². The van der Waals surface area contributed by atoms with Gasteiger partial charge in [0.25, 0.3) is 0 Å². The maximum atomic E-state index is 12.5. The van der Waals surface area contributed by atoms with Crippen LogP contribution in [0.25, 0.3) is 0 Å². The smallest absolute Gasteiger partial charge is 0.171 e. The molecule has 2 rings (SSSR count). The highest BCUT2D eigenvalue weighted by molar-refractivity contribution is 9.10. The van der Waals surface area contributed by atoms with Crippen molar-refractivity contribution in [3.63, 3.8) is 0 Å². The zero-order valence-electron chi connectivity index (χ0n) is 11.9. The summed E-state index contributed by atoms with van der Waals surface area (Å²) in [6.45, 7) is 0. The minimum absolute atomic E-state index is 0.0315. The molecule has 0 bridgehead atoms. The molecule has 0 unspecified atom stereocenters. The van der Waals surface area contributed by atoms with Gasteiger partial charge in [0.1, 0.15) is 5.75 Å². The van der Waals surface area contributed by atoms with E-state index in [0.29, 0.717) is 29.2 Å². The van der Waals surface area contributed by atoms with Crippen LogP contribution in [0.3, 0.4) is 0 Å². The Bertz CT molecular complexity index is 651. The second kappa shape index (κ2) is 6.95. The van der Waals surface area contributed by atoms with E-state index >= 15 is 0 Å². The second-order valence-electron chi connectivity index (χ2n) is 4.20. The molecule has 2 aromatic rings. The number of ketones is 1. The molecule has 112 valence electrons. The van der Waals surface area contributed by atoms with Crippen molar-refractivity contribution in [2.24, 2.45) is 0 Å². The molecular weight excluding hydrogens is 356 g/mol. The van der Waals surface area contributed by atoms with Crippen molar-refractivity contribution < 1.29 is 19.0 Å². The lowest BCUT2D eigenvalue weighted by Crippen LogP contribution is -2.06. The third-order valence-corrected chi connectivity index (χ3v) is 4.94. The molecule has 0 radical (unpaired) electrons. The van der Waals surface area contributed by atoms with E-state index in [1.807, 2.05) is 11.4 Å². The van der Waals surface area contributed by atoms with Gasteiger partial charge in [0.2, 0.25) is 0 Å². The minimum atomic E-state index is -0.0315. The van der Waals surface area contributed by atoms with Crippen LogP contribution in [0.15, 0.2) is 28.1 Å². The number of benzene rings is 1. The molecule has 0 saturated carbocycles. The first-order chi connectivity index (χ1) is 10.1. The monoisotopic (exact) mass is 370 g/mol. The molecular formula is C15H15BrO4S. The van der Waals surface area contributed by atoms with Crippen LogP contribution >= 0.6 is 27.3 Å². The van der Waals surface area contributed by atoms with Crippen LogP contribution in [0.4, 0.5) is 0 Å². The number of halogens is 1. The van der Waals surface area contributed by atoms with Gasteiger partial charge >= 0.3 is 0 Å². The molecule has 1 aromatic carbocycles. The second-order valence-corrected chi connectivity index (χ2v) is 6.05. The fourth-order valence-corrected chi connectivity index (χ4v) is 3.43. The third-order valence-electron chi connectivity index (χ3n) is 3.02. The first kappa shape index (κ1) is 15.9. The highest BCUT2D eigenvalue weighted by Gasteiger charge is 2.19. The SMILES string of the molecule is COc1cc(OC)c(C(=O)Cc2sccc2Br)cc1OC. The average Bonchev–Trinajstić information content (AvgIpc) is 2.90. The zero-order chi connectivity index (χ0) is 15.4. The predicted molar refractivity (Wildman–Crippen MR) is 86.2 cm³/mol. The Morgan fingerprint density at radius 2 is 1.71 bits per heavy atom. The first-order valence-electron chi connectivity index (χ1n) is 6.15. The van der Waals surface area contributed by atoms with E-state index < -0.39 is 0 Å². The van der Waals surface area contributed by atoms with Gasteiger partial charge in [0, 0.05) is 21.8 Å². The van der Waals surface area contributed by atoms with Gasteiger partial charge < -0.3 is 14.2 Å². The molecule has 0 atom stereocenters. The van der Waals surface area contributed by atoms with Gasteiger partial charge in [0.15, 0.2) is 17.3 Å². The van der Waals surface area contributed by atoms with E-state index in [2.05, 4.69) is 15.9 Å². The maximum Gasteiger partial charge on any atom is 0.171 e. The Morgan fingerprint density at radius 1 is 1.10 bits per heavy atom. The molecule has 0 aliphatic rings. The van der Waals surface area contributed by atoms with E-state index in [9.17, 15) is 4.79 Å². The van der Waals surface area contributed by atoms with Crippen molar-refractivity contribution >= 4 is 33.0 Å². The van der Waals surface area contributed by atoms with E-state index in [0.717, 1.165) is 9.35 Å². The van der Waals surface area contributed by atoms with E-state index in [-0.39, 0.29) is 5.78 Å². The quantitative estimate of drug-likeness (QED) is 0.721. The molecule has 0 saturated heterocycles. The summed E-state index contributed by atoms with van der Waals surface area (Å²) >= 11 is 4.98. The standard InChI is InChI=1S/C15H15BrO4S/c1-18-12-8-14(20-3)13(19-2)6-9(12)11(17)7-15-10(16)4-5-21-15/h4-6,8H,7H2,1-3H3. The van der Waals surface area contributed by atoms with Crippen molar-refractivity contribution in [3.8, 4) is 17.2 Å². The molecule has 0 fully saturated rings. The Kier molecular flexibility index (Phi) is 5.25. The van der Waals surface area contributed by atoms with Crippen molar-refractivity contribution in [2.75, 3.05) is 21.3 Å². The third kappa shape index (κ3) is 3.39. The van der Waals surface area contributed by atoms with Crippen molar-refractivity contribution in [1.82, 2.24) is 0 Å². The Labute approximate surface area is 135 Å². The molecule has 1 aromatic heterocycles. The largest absolute Gasteiger partial charge is 0.496 e. The number of rotatable bonds is 6. The topological polar surface area (TPSA) is 44.8 Å². The molecule has 0 amide bonds. The van der Waals surface area contributed by atoms with Crippen LogP contribution in [0.1, 0.15) is 15.2 Å². The highest BCUT2D eigenvalue weighted by atomic mass is 79.9. The summed E-state index contributed by atoms with van der Waals surface area (Å²) in [4.78, 5) is 13.5. The van der Waals surface area contributed by atoms with Gasteiger partial charge in [-0.3, -0.25) is 4.79 Å². The van der Waals surface area contributed by atoms with Crippen molar-refractivity contribution in [2.45, 2.75) is 6.42 Å². The zero-order valence-corrected chi connectivity index (χ0v) is 14.3. The number of ether oxygens (including phenoxy) is 3. The van der Waals surface area contributed by atoms with Crippen LogP contribution in [0.2, 0.25) is 0 Å². The molecule has 1 heterocycles. The van der Waals surface area contributed by atoms with Gasteiger partial charge in [0.05, 0.1) is 26.9 Å². The summed E-state index contributed by atoms with van der Waals surface area (Å²) in [7, 11) is 4.61. The van der Waals surface area contributed by atoms with Gasteiger partial charge in [-0.1, -0.05) is 0 Å². The van der Waals surface area contributed by atoms with Gasteiger partial charge in [-0.05, 0) is 33.4 Å². The van der Waals surface area contributed by atoms with Gasteiger partial charge in [-0.25, -0.2) is 0 Å². The fraction of sp³-hybridized carbons (Fsp3) is 0.267. The molecule has 0 aliphatic heterocycles. The number of Topliss-reactive ketones (excluding diaryl/α,β-unsaturated/α-hetero) is 1. The summed E-state index contributed by atoms with van der Waals surface area (Å²) < 4.78 is 16.7. The summed E-state index contributed by atoms with van der Waals surface area (Å²) in [5, 5.41) is 1.94. The molecule has 0 spiro atoms. The number of hydrogen-bond acceptors (Lipinski definition) is 5. The fourth-order valence-electron chi connectivity index (χ4n) is 1.94. The van der Waals surface area contributed by atoms with Crippen LogP contribution in [-0.4, -0.2) is 27.1 Å². The van der Waals surface area contributed by atoms with E-state index in [1.165, 1.54) is 25.6 Å². The van der Waals surface area contributed by atoms with Gasteiger partial charge in [-0.2, -0.15) is 0 Å². The van der Waals surface area contributed by atoms with Crippen LogP contribution < -0.4 is 14.2 Å². The summed E-state index contributed by atoms with van der Waals surface area (Å²) in [5.41, 5.74) is 0.482. The van der Waals surface area contributed by atoms with E-state index in [1.54, 1.807) is 19.2 Å². The Hall–Kier alpha value is -1.53. The molecule has 4 nitrogen and oxygen atoms in total. The van der Waals surface area contributed by atoms with Crippen molar-refractivity contribution in [1.29, 1.82) is 0 Å². The molecule has 0 aliphatic carbocycles. The number of hydrogen-bond donors (Lipinski definition) is 0. The molecule has 21 heavy (non-hydrogen) atoms. The lowest BCUT2D eigenvalue weighted by Gasteiger charge is -2.13. The number of thiophene rings is 1. The average molecular weight is 371 g/mol. The Balaban J connectivity index is 2.37. The minimum Gasteiger partial charge on any atom is -0.496 e. The van der Waals surface area contributed by atoms with Gasteiger partial charge in [-0.15, -0.1) is 11.3 Å². The summed E-state index contributed by atoms with van der Waals surface area (Å²) in [5.74, 6) is 1.48. The number of carbonyl (C=O) groups excluding carboxylic acids is 1. The number of methoxy groups -OCH3 is 3. The van der Waals surface area contributed by atoms with Crippen LogP contribution in [-0.2, 0) is 6.42 Å².